The first kappa shape index (κ1) is 11.0. The standard InChI is InChI=1S/C11H11N3O3/c1-16-9-3-8(12)6(11(13)15)2-7(9)10-4-14-5-17-10/h2-5H,12H2,1H3,(H2,13,15). The molecule has 1 aromatic carbocycles. The summed E-state index contributed by atoms with van der Waals surface area (Å²) in [5.74, 6) is 0.361. The van der Waals surface area contributed by atoms with E-state index in [9.17, 15) is 4.79 Å². The molecule has 88 valence electrons. The molecule has 1 heterocycles. The molecule has 6 heteroatoms. The monoisotopic (exact) mass is 233 g/mol. The van der Waals surface area contributed by atoms with Gasteiger partial charge in [0.05, 0.1) is 24.4 Å². The molecule has 0 saturated carbocycles. The highest BCUT2D eigenvalue weighted by Crippen LogP contribution is 2.33. The van der Waals surface area contributed by atoms with E-state index in [1.165, 1.54) is 31.8 Å². The van der Waals surface area contributed by atoms with E-state index in [2.05, 4.69) is 4.98 Å². The summed E-state index contributed by atoms with van der Waals surface area (Å²) in [7, 11) is 1.50. The quantitative estimate of drug-likeness (QED) is 0.770. The van der Waals surface area contributed by atoms with Crippen LogP contribution in [0.15, 0.2) is 29.1 Å². The Morgan fingerprint density at radius 1 is 1.47 bits per heavy atom. The maximum atomic E-state index is 11.2. The van der Waals surface area contributed by atoms with E-state index >= 15 is 0 Å². The van der Waals surface area contributed by atoms with E-state index in [1.807, 2.05) is 0 Å². The van der Waals surface area contributed by atoms with Gasteiger partial charge < -0.3 is 20.6 Å². The van der Waals surface area contributed by atoms with Crippen LogP contribution in [0.2, 0.25) is 0 Å². The van der Waals surface area contributed by atoms with Gasteiger partial charge in [0.2, 0.25) is 0 Å². The van der Waals surface area contributed by atoms with Crippen LogP contribution in [-0.2, 0) is 0 Å². The van der Waals surface area contributed by atoms with Crippen molar-refractivity contribution in [2.75, 3.05) is 12.8 Å². The van der Waals surface area contributed by atoms with E-state index in [0.29, 0.717) is 17.1 Å². The average Bonchev–Trinajstić information content (AvgIpc) is 2.81. The molecular formula is C11H11N3O3. The van der Waals surface area contributed by atoms with Crippen molar-refractivity contribution in [2.45, 2.75) is 0 Å². The Labute approximate surface area is 97.2 Å². The second-order valence-electron chi connectivity index (χ2n) is 3.37. The molecule has 0 spiro atoms. The highest BCUT2D eigenvalue weighted by Gasteiger charge is 2.15. The summed E-state index contributed by atoms with van der Waals surface area (Å²) in [6, 6.07) is 3.05. The van der Waals surface area contributed by atoms with E-state index in [4.69, 9.17) is 20.6 Å². The van der Waals surface area contributed by atoms with E-state index in [0.717, 1.165) is 0 Å². The molecule has 0 fully saturated rings. The van der Waals surface area contributed by atoms with Crippen LogP contribution in [0.3, 0.4) is 0 Å². The normalized spacial score (nSPS) is 10.2. The lowest BCUT2D eigenvalue weighted by molar-refractivity contribution is 0.100. The summed E-state index contributed by atoms with van der Waals surface area (Å²) in [5.41, 5.74) is 12.0. The molecule has 0 atom stereocenters. The minimum absolute atomic E-state index is 0.220. The summed E-state index contributed by atoms with van der Waals surface area (Å²) in [6.45, 7) is 0. The van der Waals surface area contributed by atoms with Crippen LogP contribution in [0.1, 0.15) is 10.4 Å². The Kier molecular flexibility index (Phi) is 2.70. The van der Waals surface area contributed by atoms with E-state index in [-0.39, 0.29) is 11.3 Å². The molecule has 0 bridgehead atoms. The molecule has 2 rings (SSSR count). The topological polar surface area (TPSA) is 104 Å². The number of hydrogen-bond acceptors (Lipinski definition) is 5. The molecule has 0 radical (unpaired) electrons. The first-order valence-corrected chi connectivity index (χ1v) is 4.79. The van der Waals surface area contributed by atoms with Gasteiger partial charge in [-0.3, -0.25) is 4.79 Å². The van der Waals surface area contributed by atoms with Crippen LogP contribution in [0.4, 0.5) is 5.69 Å². The molecule has 0 unspecified atom stereocenters. The lowest BCUT2D eigenvalue weighted by atomic mass is 10.1. The molecule has 2 aromatic rings. The van der Waals surface area contributed by atoms with Gasteiger partial charge in [-0.05, 0) is 6.07 Å². The Bertz CT molecular complexity index is 549. The van der Waals surface area contributed by atoms with Crippen molar-refractivity contribution in [3.8, 4) is 17.1 Å². The van der Waals surface area contributed by atoms with Gasteiger partial charge in [-0.15, -0.1) is 0 Å². The van der Waals surface area contributed by atoms with E-state index < -0.39 is 5.91 Å². The predicted molar refractivity (Wildman–Crippen MR) is 61.4 cm³/mol. The molecule has 0 aliphatic rings. The number of carbonyl (C=O) groups excluding carboxylic acids is 1. The Morgan fingerprint density at radius 2 is 2.24 bits per heavy atom. The van der Waals surface area contributed by atoms with Crippen molar-refractivity contribution in [3.63, 3.8) is 0 Å². The molecule has 4 N–H and O–H groups in total. The number of nitrogens with zero attached hydrogens (tertiary/aromatic N) is 1. The first-order chi connectivity index (χ1) is 8.13. The Balaban J connectivity index is 2.64. The summed E-state index contributed by atoms with van der Waals surface area (Å²) in [4.78, 5) is 15.0. The highest BCUT2D eigenvalue weighted by atomic mass is 16.5. The van der Waals surface area contributed by atoms with Gasteiger partial charge in [-0.25, -0.2) is 4.98 Å². The number of nitrogen functional groups attached to an aromatic ring is 1. The van der Waals surface area contributed by atoms with Crippen LogP contribution in [0, 0.1) is 0 Å². The molecule has 6 nitrogen and oxygen atoms in total. The third-order valence-electron chi connectivity index (χ3n) is 2.33. The van der Waals surface area contributed by atoms with Gasteiger partial charge in [0.1, 0.15) is 5.75 Å². The summed E-state index contributed by atoms with van der Waals surface area (Å²) in [6.07, 6.45) is 2.80. The number of oxazole rings is 1. The van der Waals surface area contributed by atoms with Crippen molar-refractivity contribution >= 4 is 11.6 Å². The predicted octanol–water partition coefficient (Wildman–Crippen LogP) is 1.03. The molecule has 0 aliphatic carbocycles. The van der Waals surface area contributed by atoms with Gasteiger partial charge in [-0.1, -0.05) is 0 Å². The number of aromatic nitrogens is 1. The summed E-state index contributed by atoms with van der Waals surface area (Å²) in [5, 5.41) is 0. The van der Waals surface area contributed by atoms with Crippen LogP contribution >= 0.6 is 0 Å². The maximum absolute atomic E-state index is 11.2. The second-order valence-corrected chi connectivity index (χ2v) is 3.37. The number of methoxy groups -OCH3 is 1. The minimum Gasteiger partial charge on any atom is -0.496 e. The van der Waals surface area contributed by atoms with Crippen LogP contribution in [0.25, 0.3) is 11.3 Å². The maximum Gasteiger partial charge on any atom is 0.250 e. The number of anilines is 1. The van der Waals surface area contributed by atoms with Gasteiger partial charge in [0, 0.05) is 11.8 Å². The minimum atomic E-state index is -0.606. The summed E-state index contributed by atoms with van der Waals surface area (Å²) >= 11 is 0. The Hall–Kier alpha value is -2.50. The Morgan fingerprint density at radius 3 is 2.76 bits per heavy atom. The fraction of sp³-hybridized carbons (Fsp3) is 0.0909. The fourth-order valence-electron chi connectivity index (χ4n) is 1.52. The van der Waals surface area contributed by atoms with Crippen molar-refractivity contribution in [2.24, 2.45) is 5.73 Å². The van der Waals surface area contributed by atoms with Crippen molar-refractivity contribution in [1.29, 1.82) is 0 Å². The third-order valence-corrected chi connectivity index (χ3v) is 2.33. The number of ether oxygens (including phenoxy) is 1. The van der Waals surface area contributed by atoms with Crippen molar-refractivity contribution < 1.29 is 13.9 Å². The SMILES string of the molecule is COc1cc(N)c(C(N)=O)cc1-c1cnco1. The zero-order chi connectivity index (χ0) is 12.4. The van der Waals surface area contributed by atoms with Gasteiger partial charge >= 0.3 is 0 Å². The van der Waals surface area contributed by atoms with Gasteiger partial charge in [0.25, 0.3) is 5.91 Å². The molecule has 17 heavy (non-hydrogen) atoms. The number of benzene rings is 1. The average molecular weight is 233 g/mol. The third kappa shape index (κ3) is 1.92. The molecule has 1 aromatic heterocycles. The zero-order valence-corrected chi connectivity index (χ0v) is 9.14. The van der Waals surface area contributed by atoms with Crippen LogP contribution < -0.4 is 16.2 Å². The second kappa shape index (κ2) is 4.17. The first-order valence-electron chi connectivity index (χ1n) is 4.79. The van der Waals surface area contributed by atoms with E-state index in [1.54, 1.807) is 0 Å². The molecular weight excluding hydrogens is 222 g/mol. The lowest BCUT2D eigenvalue weighted by Gasteiger charge is -2.09. The lowest BCUT2D eigenvalue weighted by Crippen LogP contribution is -2.13. The number of amides is 1. The van der Waals surface area contributed by atoms with Crippen LogP contribution in [0.5, 0.6) is 5.75 Å². The molecule has 1 amide bonds. The van der Waals surface area contributed by atoms with Gasteiger partial charge in [-0.2, -0.15) is 0 Å². The van der Waals surface area contributed by atoms with Crippen molar-refractivity contribution in [1.82, 2.24) is 4.98 Å². The van der Waals surface area contributed by atoms with Gasteiger partial charge in [0.15, 0.2) is 12.2 Å². The number of rotatable bonds is 3. The van der Waals surface area contributed by atoms with Crippen LogP contribution in [-0.4, -0.2) is 18.0 Å². The summed E-state index contributed by atoms with van der Waals surface area (Å²) < 4.78 is 10.3. The number of nitrogens with two attached hydrogens (primary N) is 2. The highest BCUT2D eigenvalue weighted by molar-refractivity contribution is 6.00. The van der Waals surface area contributed by atoms with Crippen molar-refractivity contribution in [3.05, 3.63) is 30.3 Å². The largest absolute Gasteiger partial charge is 0.496 e. The number of carbonyl (C=O) groups is 1. The number of hydrogen-bond donors (Lipinski definition) is 2. The number of primary amides is 1. The molecule has 0 saturated heterocycles. The zero-order valence-electron chi connectivity index (χ0n) is 9.14. The smallest absolute Gasteiger partial charge is 0.250 e. The molecule has 0 aliphatic heterocycles. The fourth-order valence-corrected chi connectivity index (χ4v) is 1.52.